The zero-order valence-corrected chi connectivity index (χ0v) is 8.35. The first kappa shape index (κ1) is 10.1. The Labute approximate surface area is 88.0 Å². The third kappa shape index (κ3) is 2.00. The number of hydrogen-bond donors (Lipinski definition) is 1. The van der Waals surface area contributed by atoms with Gasteiger partial charge in [0.1, 0.15) is 0 Å². The van der Waals surface area contributed by atoms with Crippen molar-refractivity contribution in [2.45, 2.75) is 12.8 Å². The standard InChI is InChI=1S/C11H13NO3/c13-7-5-9-3-1-2-4-10(9)12-11(14)6-8-15-12/h1-4,13H,5-8H2. The number of aliphatic hydroxyl groups excluding tert-OH is 1. The molecule has 1 fully saturated rings. The van der Waals surface area contributed by atoms with E-state index in [4.69, 9.17) is 9.94 Å². The Hall–Kier alpha value is -1.39. The lowest BCUT2D eigenvalue weighted by Gasteiger charge is -2.17. The van der Waals surface area contributed by atoms with Crippen molar-refractivity contribution >= 4 is 11.6 Å². The van der Waals surface area contributed by atoms with Gasteiger partial charge in [-0.1, -0.05) is 18.2 Å². The SMILES string of the molecule is O=C1CCON1c1ccccc1CCO. The highest BCUT2D eigenvalue weighted by molar-refractivity contribution is 5.93. The minimum Gasteiger partial charge on any atom is -0.396 e. The van der Waals surface area contributed by atoms with Crippen molar-refractivity contribution in [2.75, 3.05) is 18.3 Å². The van der Waals surface area contributed by atoms with Gasteiger partial charge in [-0.2, -0.15) is 5.06 Å². The highest BCUT2D eigenvalue weighted by Gasteiger charge is 2.24. The molecule has 4 heteroatoms. The van der Waals surface area contributed by atoms with Crippen LogP contribution >= 0.6 is 0 Å². The molecule has 2 rings (SSSR count). The normalized spacial score (nSPS) is 16.1. The Morgan fingerprint density at radius 2 is 2.20 bits per heavy atom. The lowest BCUT2D eigenvalue weighted by atomic mass is 10.1. The van der Waals surface area contributed by atoms with Crippen LogP contribution in [0.4, 0.5) is 5.69 Å². The van der Waals surface area contributed by atoms with Crippen molar-refractivity contribution < 1.29 is 14.7 Å². The average Bonchev–Trinajstić information content (AvgIpc) is 2.66. The zero-order chi connectivity index (χ0) is 10.7. The van der Waals surface area contributed by atoms with Crippen LogP contribution in [0.5, 0.6) is 0 Å². The molecule has 0 aromatic heterocycles. The summed E-state index contributed by atoms with van der Waals surface area (Å²) in [6.07, 6.45) is 0.955. The van der Waals surface area contributed by atoms with E-state index in [9.17, 15) is 4.79 Å². The predicted octanol–water partition coefficient (Wildman–Crippen LogP) is 0.890. The van der Waals surface area contributed by atoms with Crippen molar-refractivity contribution in [3.63, 3.8) is 0 Å². The van der Waals surface area contributed by atoms with Gasteiger partial charge in [-0.05, 0) is 18.1 Å². The van der Waals surface area contributed by atoms with E-state index in [1.165, 1.54) is 5.06 Å². The Bertz CT molecular complexity index is 365. The van der Waals surface area contributed by atoms with Crippen LogP contribution in [0.3, 0.4) is 0 Å². The molecule has 0 spiro atoms. The number of amides is 1. The molecule has 1 aromatic carbocycles. The quantitative estimate of drug-likeness (QED) is 0.800. The number of anilines is 1. The monoisotopic (exact) mass is 207 g/mol. The fourth-order valence-electron chi connectivity index (χ4n) is 1.64. The van der Waals surface area contributed by atoms with Crippen LogP contribution in [0.15, 0.2) is 24.3 Å². The van der Waals surface area contributed by atoms with Gasteiger partial charge < -0.3 is 5.11 Å². The third-order valence-corrected chi connectivity index (χ3v) is 2.35. The number of carbonyl (C=O) groups excluding carboxylic acids is 1. The lowest BCUT2D eigenvalue weighted by molar-refractivity contribution is -0.119. The fourth-order valence-corrected chi connectivity index (χ4v) is 1.64. The topological polar surface area (TPSA) is 49.8 Å². The van der Waals surface area contributed by atoms with Crippen molar-refractivity contribution in [1.29, 1.82) is 0 Å². The maximum atomic E-state index is 11.5. The van der Waals surface area contributed by atoms with Gasteiger partial charge in [0.25, 0.3) is 5.91 Å². The molecule has 1 heterocycles. The van der Waals surface area contributed by atoms with Crippen LogP contribution in [0.25, 0.3) is 0 Å². The number of benzene rings is 1. The summed E-state index contributed by atoms with van der Waals surface area (Å²) in [5, 5.41) is 10.2. The van der Waals surface area contributed by atoms with Gasteiger partial charge in [0.2, 0.25) is 0 Å². The second-order valence-electron chi connectivity index (χ2n) is 3.37. The summed E-state index contributed by atoms with van der Waals surface area (Å²) in [6.45, 7) is 0.505. The van der Waals surface area contributed by atoms with Crippen molar-refractivity contribution in [3.8, 4) is 0 Å². The lowest BCUT2D eigenvalue weighted by Crippen LogP contribution is -2.23. The summed E-state index contributed by atoms with van der Waals surface area (Å²) in [5.74, 6) is -0.0274. The molecular weight excluding hydrogens is 194 g/mol. The van der Waals surface area contributed by atoms with E-state index in [0.29, 0.717) is 19.4 Å². The molecule has 80 valence electrons. The van der Waals surface area contributed by atoms with E-state index >= 15 is 0 Å². The van der Waals surface area contributed by atoms with Crippen molar-refractivity contribution in [2.24, 2.45) is 0 Å². The maximum absolute atomic E-state index is 11.5. The minimum atomic E-state index is -0.0274. The summed E-state index contributed by atoms with van der Waals surface area (Å²) in [5.41, 5.74) is 1.67. The van der Waals surface area contributed by atoms with Gasteiger partial charge in [-0.3, -0.25) is 9.63 Å². The average molecular weight is 207 g/mol. The van der Waals surface area contributed by atoms with E-state index in [2.05, 4.69) is 0 Å². The molecule has 1 N–H and O–H groups in total. The Kier molecular flexibility index (Phi) is 2.99. The molecule has 1 aromatic rings. The molecule has 0 unspecified atom stereocenters. The summed E-state index contributed by atoms with van der Waals surface area (Å²) >= 11 is 0. The smallest absolute Gasteiger partial charge is 0.253 e. The summed E-state index contributed by atoms with van der Waals surface area (Å²) in [6, 6.07) is 7.45. The number of nitrogens with zero attached hydrogens (tertiary/aromatic N) is 1. The van der Waals surface area contributed by atoms with Crippen LogP contribution in [0, 0.1) is 0 Å². The van der Waals surface area contributed by atoms with Crippen molar-refractivity contribution in [1.82, 2.24) is 0 Å². The summed E-state index contributed by atoms with van der Waals surface area (Å²) in [4.78, 5) is 16.7. The minimum absolute atomic E-state index is 0.0274. The highest BCUT2D eigenvalue weighted by Crippen LogP contribution is 2.24. The maximum Gasteiger partial charge on any atom is 0.253 e. The molecule has 0 radical (unpaired) electrons. The number of hydroxylamine groups is 1. The van der Waals surface area contributed by atoms with E-state index < -0.39 is 0 Å². The van der Waals surface area contributed by atoms with E-state index in [1.54, 1.807) is 0 Å². The highest BCUT2D eigenvalue weighted by atomic mass is 16.7. The Balaban J connectivity index is 2.29. The first-order chi connectivity index (χ1) is 7.33. The van der Waals surface area contributed by atoms with Gasteiger partial charge in [-0.15, -0.1) is 0 Å². The van der Waals surface area contributed by atoms with Gasteiger partial charge >= 0.3 is 0 Å². The molecule has 0 saturated carbocycles. The number of hydrogen-bond acceptors (Lipinski definition) is 3. The molecule has 4 nitrogen and oxygen atoms in total. The molecule has 0 atom stereocenters. The van der Waals surface area contributed by atoms with Gasteiger partial charge in [0.05, 0.1) is 18.7 Å². The molecular formula is C11H13NO3. The number of aliphatic hydroxyl groups is 1. The molecule has 1 aliphatic heterocycles. The van der Waals surface area contributed by atoms with Gasteiger partial charge in [-0.25, -0.2) is 0 Å². The van der Waals surface area contributed by atoms with Crippen LogP contribution in [0.2, 0.25) is 0 Å². The van der Waals surface area contributed by atoms with Gasteiger partial charge in [0, 0.05) is 6.61 Å². The third-order valence-electron chi connectivity index (χ3n) is 2.35. The predicted molar refractivity (Wildman–Crippen MR) is 55.3 cm³/mol. The Morgan fingerprint density at radius 3 is 2.87 bits per heavy atom. The van der Waals surface area contributed by atoms with Crippen LogP contribution in [-0.4, -0.2) is 24.2 Å². The first-order valence-corrected chi connectivity index (χ1v) is 4.97. The van der Waals surface area contributed by atoms with Gasteiger partial charge in [0.15, 0.2) is 0 Å². The number of rotatable bonds is 3. The number of para-hydroxylation sites is 1. The molecule has 15 heavy (non-hydrogen) atoms. The van der Waals surface area contributed by atoms with Crippen LogP contribution in [-0.2, 0) is 16.1 Å². The van der Waals surface area contributed by atoms with Crippen molar-refractivity contribution in [3.05, 3.63) is 29.8 Å². The number of carbonyl (C=O) groups is 1. The summed E-state index contributed by atoms with van der Waals surface area (Å²) < 4.78 is 0. The molecule has 1 aliphatic rings. The fraction of sp³-hybridized carbons (Fsp3) is 0.364. The summed E-state index contributed by atoms with van der Waals surface area (Å²) in [7, 11) is 0. The molecule has 0 bridgehead atoms. The van der Waals surface area contributed by atoms with E-state index in [1.807, 2.05) is 24.3 Å². The van der Waals surface area contributed by atoms with Crippen LogP contribution < -0.4 is 5.06 Å². The first-order valence-electron chi connectivity index (χ1n) is 4.97. The largest absolute Gasteiger partial charge is 0.396 e. The molecule has 1 saturated heterocycles. The Morgan fingerprint density at radius 1 is 1.40 bits per heavy atom. The van der Waals surface area contributed by atoms with E-state index in [-0.39, 0.29) is 12.5 Å². The van der Waals surface area contributed by atoms with E-state index in [0.717, 1.165) is 11.3 Å². The molecule has 1 amide bonds. The molecule has 0 aliphatic carbocycles. The van der Waals surface area contributed by atoms with Crippen LogP contribution in [0.1, 0.15) is 12.0 Å². The second kappa shape index (κ2) is 4.42. The zero-order valence-electron chi connectivity index (χ0n) is 8.35. The second-order valence-corrected chi connectivity index (χ2v) is 3.37.